The van der Waals surface area contributed by atoms with Crippen LogP contribution in [-0.2, 0) is 0 Å². The average Bonchev–Trinajstić information content (AvgIpc) is 2.23. The first kappa shape index (κ1) is 11.6. The Balaban J connectivity index is 2.10. The highest BCUT2D eigenvalue weighted by molar-refractivity contribution is 5.28. The van der Waals surface area contributed by atoms with E-state index < -0.39 is 0 Å². The van der Waals surface area contributed by atoms with Crippen molar-refractivity contribution in [2.24, 2.45) is 5.73 Å². The maximum Gasteiger partial charge on any atom is 0.227 e. The van der Waals surface area contributed by atoms with Gasteiger partial charge in [0.25, 0.3) is 0 Å². The minimum Gasteiger partial charge on any atom is -0.368 e. The number of rotatable bonds is 7. The quantitative estimate of drug-likeness (QED) is 0.562. The van der Waals surface area contributed by atoms with E-state index in [-0.39, 0.29) is 5.95 Å². The highest BCUT2D eigenvalue weighted by Crippen LogP contribution is 2.01. The lowest BCUT2D eigenvalue weighted by atomic mass is 10.2. The Morgan fingerprint density at radius 1 is 1.13 bits per heavy atom. The smallest absolute Gasteiger partial charge is 0.227 e. The molecule has 15 heavy (non-hydrogen) atoms. The van der Waals surface area contributed by atoms with Crippen LogP contribution in [0.4, 0.5) is 11.9 Å². The van der Waals surface area contributed by atoms with Gasteiger partial charge in [-0.3, -0.25) is 0 Å². The largest absolute Gasteiger partial charge is 0.368 e. The summed E-state index contributed by atoms with van der Waals surface area (Å²) in [6.07, 6.45) is 5.94. The predicted molar refractivity (Wildman–Crippen MR) is 60.3 cm³/mol. The molecule has 1 aromatic rings. The number of hydrogen-bond donors (Lipinski definition) is 3. The molecule has 0 aliphatic heterocycles. The Morgan fingerprint density at radius 2 is 1.93 bits per heavy atom. The second-order valence-corrected chi connectivity index (χ2v) is 3.30. The van der Waals surface area contributed by atoms with Crippen LogP contribution in [-0.4, -0.2) is 28.0 Å². The maximum absolute atomic E-state index is 5.41. The van der Waals surface area contributed by atoms with Crippen molar-refractivity contribution in [3.05, 3.63) is 6.33 Å². The molecule has 0 bridgehead atoms. The fourth-order valence-corrected chi connectivity index (χ4v) is 1.22. The average molecular weight is 210 g/mol. The van der Waals surface area contributed by atoms with Gasteiger partial charge >= 0.3 is 0 Å². The first-order valence-corrected chi connectivity index (χ1v) is 5.21. The van der Waals surface area contributed by atoms with Crippen molar-refractivity contribution in [2.75, 3.05) is 24.1 Å². The van der Waals surface area contributed by atoms with E-state index >= 15 is 0 Å². The van der Waals surface area contributed by atoms with Gasteiger partial charge in [0.05, 0.1) is 0 Å². The standard InChI is InChI=1S/C9H18N6/c10-5-3-1-2-4-6-12-9-14-7-13-8(11)15-9/h7H,1-6,10H2,(H3,11,12,13,14,15). The Hall–Kier alpha value is -1.43. The van der Waals surface area contributed by atoms with Gasteiger partial charge in [0.15, 0.2) is 0 Å². The van der Waals surface area contributed by atoms with Crippen LogP contribution in [0.15, 0.2) is 6.33 Å². The Labute approximate surface area is 89.5 Å². The third kappa shape index (κ3) is 5.11. The van der Waals surface area contributed by atoms with E-state index in [2.05, 4.69) is 20.3 Å². The minimum absolute atomic E-state index is 0.246. The molecule has 0 atom stereocenters. The predicted octanol–water partition coefficient (Wildman–Crippen LogP) is 0.385. The molecule has 0 aromatic carbocycles. The molecule has 6 heteroatoms. The molecule has 0 unspecified atom stereocenters. The monoisotopic (exact) mass is 210 g/mol. The summed E-state index contributed by atoms with van der Waals surface area (Å²) in [6, 6.07) is 0. The van der Waals surface area contributed by atoms with E-state index in [0.29, 0.717) is 5.95 Å². The number of unbranched alkanes of at least 4 members (excludes halogenated alkanes) is 3. The topological polar surface area (TPSA) is 103 Å². The lowest BCUT2D eigenvalue weighted by molar-refractivity contribution is 0.660. The van der Waals surface area contributed by atoms with Crippen LogP contribution in [0.5, 0.6) is 0 Å². The summed E-state index contributed by atoms with van der Waals surface area (Å²) >= 11 is 0. The zero-order valence-corrected chi connectivity index (χ0v) is 8.82. The molecule has 84 valence electrons. The number of nitrogens with zero attached hydrogens (tertiary/aromatic N) is 3. The summed E-state index contributed by atoms with van der Waals surface area (Å²) in [5.41, 5.74) is 10.8. The van der Waals surface area contributed by atoms with Crippen LogP contribution in [0.1, 0.15) is 25.7 Å². The second kappa shape index (κ2) is 6.94. The van der Waals surface area contributed by atoms with Crippen LogP contribution in [0, 0.1) is 0 Å². The van der Waals surface area contributed by atoms with Gasteiger partial charge < -0.3 is 16.8 Å². The van der Waals surface area contributed by atoms with Gasteiger partial charge in [-0.25, -0.2) is 9.97 Å². The minimum atomic E-state index is 0.246. The molecule has 0 radical (unpaired) electrons. The highest BCUT2D eigenvalue weighted by atomic mass is 15.2. The molecule has 0 spiro atoms. The Morgan fingerprint density at radius 3 is 2.67 bits per heavy atom. The van der Waals surface area contributed by atoms with Gasteiger partial charge in [-0.15, -0.1) is 0 Å². The summed E-state index contributed by atoms with van der Waals surface area (Å²) in [7, 11) is 0. The number of anilines is 2. The summed E-state index contributed by atoms with van der Waals surface area (Å²) in [5, 5.41) is 3.09. The number of nitrogens with two attached hydrogens (primary N) is 2. The van der Waals surface area contributed by atoms with Crippen LogP contribution in [0.3, 0.4) is 0 Å². The van der Waals surface area contributed by atoms with Crippen molar-refractivity contribution in [3.8, 4) is 0 Å². The van der Waals surface area contributed by atoms with E-state index in [4.69, 9.17) is 11.5 Å². The van der Waals surface area contributed by atoms with Gasteiger partial charge in [-0.2, -0.15) is 4.98 Å². The van der Waals surface area contributed by atoms with E-state index in [1.165, 1.54) is 19.2 Å². The summed E-state index contributed by atoms with van der Waals surface area (Å²) < 4.78 is 0. The summed E-state index contributed by atoms with van der Waals surface area (Å²) in [4.78, 5) is 11.6. The molecular formula is C9H18N6. The molecule has 0 fully saturated rings. The first-order valence-electron chi connectivity index (χ1n) is 5.21. The van der Waals surface area contributed by atoms with Crippen LogP contribution in [0.25, 0.3) is 0 Å². The lowest BCUT2D eigenvalue weighted by Crippen LogP contribution is -2.07. The SMILES string of the molecule is NCCCCCCNc1ncnc(N)n1. The fourth-order valence-electron chi connectivity index (χ4n) is 1.22. The molecule has 1 rings (SSSR count). The molecule has 5 N–H and O–H groups in total. The van der Waals surface area contributed by atoms with Crippen LogP contribution in [0.2, 0.25) is 0 Å². The molecule has 0 amide bonds. The van der Waals surface area contributed by atoms with Crippen molar-refractivity contribution < 1.29 is 0 Å². The Bertz CT molecular complexity index is 277. The second-order valence-electron chi connectivity index (χ2n) is 3.30. The summed E-state index contributed by atoms with van der Waals surface area (Å²) in [6.45, 7) is 1.63. The molecule has 6 nitrogen and oxygen atoms in total. The zero-order valence-electron chi connectivity index (χ0n) is 8.82. The number of aromatic nitrogens is 3. The number of hydrogen-bond acceptors (Lipinski definition) is 6. The van der Waals surface area contributed by atoms with Crippen LogP contribution < -0.4 is 16.8 Å². The number of nitrogens with one attached hydrogen (secondary N) is 1. The van der Waals surface area contributed by atoms with Gasteiger partial charge in [0.1, 0.15) is 6.33 Å². The fraction of sp³-hybridized carbons (Fsp3) is 0.667. The van der Waals surface area contributed by atoms with Crippen molar-refractivity contribution in [1.29, 1.82) is 0 Å². The summed E-state index contributed by atoms with van der Waals surface area (Å²) in [5.74, 6) is 0.789. The van der Waals surface area contributed by atoms with Crippen molar-refractivity contribution >= 4 is 11.9 Å². The van der Waals surface area contributed by atoms with Gasteiger partial charge in [-0.05, 0) is 19.4 Å². The zero-order chi connectivity index (χ0) is 10.9. The normalized spacial score (nSPS) is 10.2. The Kier molecular flexibility index (Phi) is 5.39. The van der Waals surface area contributed by atoms with E-state index in [1.807, 2.05) is 0 Å². The molecule has 0 aliphatic carbocycles. The third-order valence-corrected chi connectivity index (χ3v) is 2.00. The van der Waals surface area contributed by atoms with E-state index in [0.717, 1.165) is 25.9 Å². The van der Waals surface area contributed by atoms with Crippen molar-refractivity contribution in [2.45, 2.75) is 25.7 Å². The third-order valence-electron chi connectivity index (χ3n) is 2.00. The van der Waals surface area contributed by atoms with E-state index in [9.17, 15) is 0 Å². The first-order chi connectivity index (χ1) is 7.33. The van der Waals surface area contributed by atoms with Crippen molar-refractivity contribution in [1.82, 2.24) is 15.0 Å². The molecule has 0 saturated heterocycles. The molecule has 0 saturated carbocycles. The van der Waals surface area contributed by atoms with Gasteiger partial charge in [0.2, 0.25) is 11.9 Å². The van der Waals surface area contributed by atoms with Crippen molar-refractivity contribution in [3.63, 3.8) is 0 Å². The maximum atomic E-state index is 5.41. The van der Waals surface area contributed by atoms with Gasteiger partial charge in [-0.1, -0.05) is 12.8 Å². The van der Waals surface area contributed by atoms with Crippen LogP contribution >= 0.6 is 0 Å². The van der Waals surface area contributed by atoms with E-state index in [1.54, 1.807) is 0 Å². The molecular weight excluding hydrogens is 192 g/mol. The molecule has 0 aliphatic rings. The molecule has 1 aromatic heterocycles. The van der Waals surface area contributed by atoms with Gasteiger partial charge in [0, 0.05) is 6.54 Å². The molecule has 1 heterocycles. The lowest BCUT2D eigenvalue weighted by Gasteiger charge is -2.03. The number of nitrogen functional groups attached to an aromatic ring is 1. The highest BCUT2D eigenvalue weighted by Gasteiger charge is 1.95.